The Balaban J connectivity index is 1.58. The summed E-state index contributed by atoms with van der Waals surface area (Å²) in [6.07, 6.45) is 0. The molecule has 4 aromatic rings. The molecule has 148 valence electrons. The molecule has 0 aliphatic heterocycles. The third kappa shape index (κ3) is 3.74. The van der Waals surface area contributed by atoms with Crippen LogP contribution in [0, 0.1) is 0 Å². The highest BCUT2D eigenvalue weighted by molar-refractivity contribution is 7.14. The van der Waals surface area contributed by atoms with Gasteiger partial charge in [0.15, 0.2) is 22.2 Å². The summed E-state index contributed by atoms with van der Waals surface area (Å²) in [4.78, 5) is 17.1. The van der Waals surface area contributed by atoms with Gasteiger partial charge in [-0.1, -0.05) is 12.1 Å². The van der Waals surface area contributed by atoms with Crippen LogP contribution in [0.15, 0.2) is 52.3 Å². The van der Waals surface area contributed by atoms with Crippen molar-refractivity contribution in [2.45, 2.75) is 0 Å². The van der Waals surface area contributed by atoms with Crippen LogP contribution in [0.2, 0.25) is 0 Å². The van der Waals surface area contributed by atoms with Crippen LogP contribution >= 0.6 is 11.3 Å². The zero-order valence-electron chi connectivity index (χ0n) is 16.0. The predicted molar refractivity (Wildman–Crippen MR) is 111 cm³/mol. The van der Waals surface area contributed by atoms with E-state index in [1.807, 2.05) is 29.6 Å². The van der Waals surface area contributed by atoms with Crippen LogP contribution in [-0.2, 0) is 0 Å². The van der Waals surface area contributed by atoms with Crippen molar-refractivity contribution in [3.05, 3.63) is 53.4 Å². The van der Waals surface area contributed by atoms with Crippen molar-refractivity contribution in [3.8, 4) is 28.7 Å². The van der Waals surface area contributed by atoms with Crippen LogP contribution in [0.5, 0.6) is 17.2 Å². The Hall–Kier alpha value is -3.52. The quantitative estimate of drug-likeness (QED) is 0.490. The van der Waals surface area contributed by atoms with Crippen LogP contribution in [0.25, 0.3) is 22.4 Å². The summed E-state index contributed by atoms with van der Waals surface area (Å²) in [5.74, 6) is 2.01. The third-order valence-corrected chi connectivity index (χ3v) is 5.08. The second kappa shape index (κ2) is 7.84. The molecule has 1 amide bonds. The van der Waals surface area contributed by atoms with Gasteiger partial charge in [-0.25, -0.2) is 4.98 Å². The van der Waals surface area contributed by atoms with Crippen molar-refractivity contribution in [2.24, 2.45) is 0 Å². The van der Waals surface area contributed by atoms with E-state index in [9.17, 15) is 4.79 Å². The van der Waals surface area contributed by atoms with Gasteiger partial charge in [-0.05, 0) is 24.3 Å². The average Bonchev–Trinajstić information content (AvgIpc) is 3.39. The van der Waals surface area contributed by atoms with E-state index < -0.39 is 0 Å². The summed E-state index contributed by atoms with van der Waals surface area (Å²) in [5, 5.41) is 6.00. The molecule has 0 unspecified atom stereocenters. The molecule has 0 fully saturated rings. The minimum atomic E-state index is -0.311. The number of carbonyl (C=O) groups excluding carboxylic acids is 1. The molecule has 8 heteroatoms. The molecule has 0 aliphatic rings. The van der Waals surface area contributed by atoms with Gasteiger partial charge in [-0.2, -0.15) is 0 Å². The molecular formula is C21H18N2O5S. The lowest BCUT2D eigenvalue weighted by Crippen LogP contribution is -2.12. The molecule has 2 heterocycles. The molecule has 0 atom stereocenters. The van der Waals surface area contributed by atoms with Gasteiger partial charge in [0, 0.05) is 22.4 Å². The second-order valence-corrected chi connectivity index (χ2v) is 6.94. The lowest BCUT2D eigenvalue weighted by atomic mass is 10.2. The van der Waals surface area contributed by atoms with Gasteiger partial charge in [0.25, 0.3) is 5.91 Å². The fourth-order valence-electron chi connectivity index (χ4n) is 2.88. The summed E-state index contributed by atoms with van der Waals surface area (Å²) >= 11 is 1.31. The van der Waals surface area contributed by atoms with Gasteiger partial charge >= 0.3 is 0 Å². The van der Waals surface area contributed by atoms with Crippen LogP contribution < -0.4 is 19.5 Å². The molecule has 0 saturated heterocycles. The monoisotopic (exact) mass is 410 g/mol. The van der Waals surface area contributed by atoms with E-state index in [2.05, 4.69) is 10.3 Å². The van der Waals surface area contributed by atoms with Crippen molar-refractivity contribution in [3.63, 3.8) is 0 Å². The predicted octanol–water partition coefficient (Wildman–Crippen LogP) is 4.83. The first-order chi connectivity index (χ1) is 14.1. The molecule has 0 aliphatic carbocycles. The largest absolute Gasteiger partial charge is 0.497 e. The lowest BCUT2D eigenvalue weighted by molar-refractivity contribution is 0.102. The number of benzene rings is 2. The maximum Gasteiger partial charge on any atom is 0.257 e. The van der Waals surface area contributed by atoms with Gasteiger partial charge in [0.2, 0.25) is 0 Å². The topological polar surface area (TPSA) is 82.8 Å². The molecule has 2 aromatic carbocycles. The zero-order valence-corrected chi connectivity index (χ0v) is 16.8. The van der Waals surface area contributed by atoms with Gasteiger partial charge < -0.3 is 18.6 Å². The Kier molecular flexibility index (Phi) is 5.09. The molecule has 7 nitrogen and oxygen atoms in total. The number of ether oxygens (including phenoxy) is 3. The lowest BCUT2D eigenvalue weighted by Gasteiger charge is -2.08. The van der Waals surface area contributed by atoms with Gasteiger partial charge in [-0.3, -0.25) is 10.1 Å². The molecule has 1 N–H and O–H groups in total. The smallest absolute Gasteiger partial charge is 0.257 e. The first kappa shape index (κ1) is 18.8. The second-order valence-electron chi connectivity index (χ2n) is 6.08. The number of furan rings is 1. The van der Waals surface area contributed by atoms with Crippen LogP contribution in [0.1, 0.15) is 10.4 Å². The van der Waals surface area contributed by atoms with Gasteiger partial charge in [-0.15, -0.1) is 11.3 Å². The van der Waals surface area contributed by atoms with Crippen LogP contribution in [0.4, 0.5) is 5.13 Å². The van der Waals surface area contributed by atoms with E-state index in [4.69, 9.17) is 18.6 Å². The Morgan fingerprint density at radius 2 is 1.79 bits per heavy atom. The number of amides is 1. The number of hydrogen-bond acceptors (Lipinski definition) is 7. The number of hydrogen-bond donors (Lipinski definition) is 1. The summed E-state index contributed by atoms with van der Waals surface area (Å²) in [6.45, 7) is 0. The average molecular weight is 410 g/mol. The van der Waals surface area contributed by atoms with E-state index in [0.29, 0.717) is 45.0 Å². The number of methoxy groups -OCH3 is 3. The molecule has 4 rings (SSSR count). The molecule has 2 aromatic heterocycles. The fourth-order valence-corrected chi connectivity index (χ4v) is 3.57. The summed E-state index contributed by atoms with van der Waals surface area (Å²) in [7, 11) is 4.67. The first-order valence-corrected chi connectivity index (χ1v) is 9.56. The fraction of sp³-hybridized carbons (Fsp3) is 0.143. The number of rotatable bonds is 6. The van der Waals surface area contributed by atoms with Crippen LogP contribution in [-0.4, -0.2) is 32.2 Å². The highest BCUT2D eigenvalue weighted by Crippen LogP contribution is 2.34. The summed E-state index contributed by atoms with van der Waals surface area (Å²) in [6, 6.07) is 12.5. The molecule has 29 heavy (non-hydrogen) atoms. The van der Waals surface area contributed by atoms with Crippen LogP contribution in [0.3, 0.4) is 0 Å². The highest BCUT2D eigenvalue weighted by Gasteiger charge is 2.15. The Morgan fingerprint density at radius 3 is 2.48 bits per heavy atom. The van der Waals surface area contributed by atoms with E-state index in [1.165, 1.54) is 25.6 Å². The number of para-hydroxylation sites is 1. The van der Waals surface area contributed by atoms with Crippen molar-refractivity contribution < 1.29 is 23.4 Å². The van der Waals surface area contributed by atoms with E-state index in [0.717, 1.165) is 5.39 Å². The van der Waals surface area contributed by atoms with Crippen molar-refractivity contribution in [1.82, 2.24) is 4.98 Å². The minimum absolute atomic E-state index is 0.311. The number of nitrogens with one attached hydrogen (secondary N) is 1. The maximum atomic E-state index is 12.6. The number of fused-ring (bicyclic) bond motifs is 1. The zero-order chi connectivity index (χ0) is 20.4. The molecule has 0 radical (unpaired) electrons. The molecule has 0 saturated carbocycles. The minimum Gasteiger partial charge on any atom is -0.497 e. The molecule has 0 spiro atoms. The van der Waals surface area contributed by atoms with Gasteiger partial charge in [0.05, 0.1) is 21.3 Å². The SMILES string of the molecule is COc1cc(OC)cc(C(=O)Nc2nc(-c3cc4cccc(OC)c4o3)cs2)c1. The van der Waals surface area contributed by atoms with Crippen molar-refractivity contribution in [2.75, 3.05) is 26.6 Å². The number of carbonyl (C=O) groups is 1. The standard InChI is InChI=1S/C21H18N2O5S/c1-25-14-7-13(8-15(10-14)26-2)20(24)23-21-22-16(11-29-21)18-9-12-5-4-6-17(27-3)19(12)28-18/h4-11H,1-3H3,(H,22,23,24). The van der Waals surface area contributed by atoms with Gasteiger partial charge in [0.1, 0.15) is 17.2 Å². The van der Waals surface area contributed by atoms with E-state index in [1.54, 1.807) is 25.3 Å². The van der Waals surface area contributed by atoms with Crippen molar-refractivity contribution in [1.29, 1.82) is 0 Å². The maximum absolute atomic E-state index is 12.6. The number of thiazole rings is 1. The highest BCUT2D eigenvalue weighted by atomic mass is 32.1. The Morgan fingerprint density at radius 1 is 1.03 bits per heavy atom. The third-order valence-electron chi connectivity index (χ3n) is 4.32. The molecule has 0 bridgehead atoms. The summed E-state index contributed by atoms with van der Waals surface area (Å²) < 4.78 is 21.7. The number of aromatic nitrogens is 1. The molecular weight excluding hydrogens is 392 g/mol. The number of nitrogens with zero attached hydrogens (tertiary/aromatic N) is 1. The first-order valence-electron chi connectivity index (χ1n) is 8.68. The van der Waals surface area contributed by atoms with E-state index in [-0.39, 0.29) is 5.91 Å². The number of anilines is 1. The van der Waals surface area contributed by atoms with E-state index >= 15 is 0 Å². The Bertz CT molecular complexity index is 1160. The van der Waals surface area contributed by atoms with Crippen molar-refractivity contribution >= 4 is 33.3 Å². The normalized spacial score (nSPS) is 10.7. The summed E-state index contributed by atoms with van der Waals surface area (Å²) in [5.41, 5.74) is 1.70. The Labute approximate surface area is 170 Å².